The highest BCUT2D eigenvalue weighted by Crippen LogP contribution is 2.22. The minimum atomic E-state index is -0.144. The van der Waals surface area contributed by atoms with Crippen molar-refractivity contribution >= 4 is 33.4 Å². The van der Waals surface area contributed by atoms with E-state index in [1.807, 2.05) is 49.5 Å². The van der Waals surface area contributed by atoms with E-state index in [1.165, 1.54) is 10.9 Å². The lowest BCUT2D eigenvalue weighted by Gasteiger charge is -2.09. The summed E-state index contributed by atoms with van der Waals surface area (Å²) in [5, 5.41) is 4.45. The molecule has 0 aliphatic rings. The molecule has 2 N–H and O–H groups in total. The summed E-state index contributed by atoms with van der Waals surface area (Å²) in [6.45, 7) is 2.21. The third kappa shape index (κ3) is 2.86. The second-order valence-corrected chi connectivity index (χ2v) is 6.26. The first-order chi connectivity index (χ1) is 12.6. The van der Waals surface area contributed by atoms with Crippen molar-refractivity contribution in [3.63, 3.8) is 0 Å². The van der Waals surface area contributed by atoms with Gasteiger partial charge in [0.25, 0.3) is 5.56 Å². The fourth-order valence-corrected chi connectivity index (χ4v) is 3.13. The molecule has 0 saturated heterocycles. The maximum absolute atomic E-state index is 12.6. The molecule has 0 aliphatic heterocycles. The van der Waals surface area contributed by atoms with Gasteiger partial charge in [-0.3, -0.25) is 14.2 Å². The first-order valence-electron chi connectivity index (χ1n) is 8.44. The van der Waals surface area contributed by atoms with E-state index in [4.69, 9.17) is 0 Å². The van der Waals surface area contributed by atoms with Gasteiger partial charge in [-0.05, 0) is 36.8 Å². The molecule has 2 aromatic heterocycles. The quantitative estimate of drug-likeness (QED) is 0.595. The van der Waals surface area contributed by atoms with Crippen molar-refractivity contribution in [3.05, 3.63) is 70.9 Å². The number of aromatic amines is 1. The maximum atomic E-state index is 12.6. The number of nitrogens with zero attached hydrogens (tertiary/aromatic N) is 2. The van der Waals surface area contributed by atoms with E-state index in [9.17, 15) is 9.59 Å². The van der Waals surface area contributed by atoms with Crippen molar-refractivity contribution in [1.29, 1.82) is 0 Å². The average Bonchev–Trinajstić information content (AvgIpc) is 3.12. The second kappa shape index (κ2) is 6.48. The molecule has 0 unspecified atom stereocenters. The Kier molecular flexibility index (Phi) is 4.01. The normalized spacial score (nSPS) is 11.1. The Balaban J connectivity index is 1.51. The number of H-pyrrole nitrogens is 1. The van der Waals surface area contributed by atoms with Crippen LogP contribution in [0.1, 0.15) is 12.0 Å². The first-order valence-corrected chi connectivity index (χ1v) is 8.44. The fourth-order valence-electron chi connectivity index (χ4n) is 3.13. The predicted octanol–water partition coefficient (Wildman–Crippen LogP) is 3.22. The SMILES string of the molecule is Cc1cccc2c(=O)n(CCC(=O)Nc3cccc4[nH]ccc34)cnc12. The minimum Gasteiger partial charge on any atom is -0.361 e. The fraction of sp³-hybridized carbons (Fsp3) is 0.150. The number of carbonyl (C=O) groups excluding carboxylic acids is 1. The summed E-state index contributed by atoms with van der Waals surface area (Å²) >= 11 is 0. The molecule has 0 aliphatic carbocycles. The molecule has 2 heterocycles. The Morgan fingerprint density at radius 1 is 1.15 bits per heavy atom. The molecule has 0 saturated carbocycles. The number of nitrogens with one attached hydrogen (secondary N) is 2. The second-order valence-electron chi connectivity index (χ2n) is 6.26. The van der Waals surface area contributed by atoms with Crippen LogP contribution in [0.3, 0.4) is 0 Å². The smallest absolute Gasteiger partial charge is 0.261 e. The number of carbonyl (C=O) groups is 1. The van der Waals surface area contributed by atoms with Crippen molar-refractivity contribution in [1.82, 2.24) is 14.5 Å². The van der Waals surface area contributed by atoms with Crippen molar-refractivity contribution in [2.24, 2.45) is 0 Å². The zero-order valence-electron chi connectivity index (χ0n) is 14.3. The molecule has 0 radical (unpaired) electrons. The highest BCUT2D eigenvalue weighted by molar-refractivity contribution is 6.01. The summed E-state index contributed by atoms with van der Waals surface area (Å²) in [6.07, 6.45) is 3.54. The number of benzene rings is 2. The van der Waals surface area contributed by atoms with Crippen molar-refractivity contribution in [2.75, 3.05) is 5.32 Å². The highest BCUT2D eigenvalue weighted by atomic mass is 16.2. The molecule has 0 bridgehead atoms. The van der Waals surface area contributed by atoms with Gasteiger partial charge in [-0.2, -0.15) is 0 Å². The standard InChI is InChI=1S/C20H18N4O2/c1-13-4-2-5-15-19(13)22-12-24(20(15)26)11-9-18(25)23-17-7-3-6-16-14(17)8-10-21-16/h2-8,10,12,21H,9,11H2,1H3,(H,23,25). The van der Waals surface area contributed by atoms with Crippen molar-refractivity contribution in [2.45, 2.75) is 19.9 Å². The van der Waals surface area contributed by atoms with E-state index in [1.54, 1.807) is 6.07 Å². The molecule has 26 heavy (non-hydrogen) atoms. The summed E-state index contributed by atoms with van der Waals surface area (Å²) in [6, 6.07) is 13.2. The zero-order chi connectivity index (χ0) is 18.1. The number of amides is 1. The average molecular weight is 346 g/mol. The number of anilines is 1. The van der Waals surface area contributed by atoms with Crippen LogP contribution in [0.5, 0.6) is 0 Å². The molecule has 4 rings (SSSR count). The van der Waals surface area contributed by atoms with Crippen LogP contribution in [0.15, 0.2) is 59.8 Å². The molecule has 4 aromatic rings. The van der Waals surface area contributed by atoms with Crippen LogP contribution in [0.25, 0.3) is 21.8 Å². The number of rotatable bonds is 4. The van der Waals surface area contributed by atoms with Crippen LogP contribution in [-0.4, -0.2) is 20.4 Å². The van der Waals surface area contributed by atoms with Gasteiger partial charge in [-0.1, -0.05) is 18.2 Å². The summed E-state index contributed by atoms with van der Waals surface area (Å²) in [4.78, 5) is 32.4. The number of para-hydroxylation sites is 1. The van der Waals surface area contributed by atoms with Gasteiger partial charge in [-0.15, -0.1) is 0 Å². The molecule has 2 aromatic carbocycles. The van der Waals surface area contributed by atoms with E-state index < -0.39 is 0 Å². The van der Waals surface area contributed by atoms with Crippen LogP contribution >= 0.6 is 0 Å². The molecule has 6 nitrogen and oxygen atoms in total. The number of aryl methyl sites for hydroxylation is 2. The lowest BCUT2D eigenvalue weighted by atomic mass is 10.1. The minimum absolute atomic E-state index is 0.126. The maximum Gasteiger partial charge on any atom is 0.261 e. The Labute approximate surface area is 149 Å². The summed E-state index contributed by atoms with van der Waals surface area (Å²) in [5.74, 6) is -0.144. The number of hydrogen-bond donors (Lipinski definition) is 2. The van der Waals surface area contributed by atoms with Crippen LogP contribution in [0.4, 0.5) is 5.69 Å². The van der Waals surface area contributed by atoms with Gasteiger partial charge in [-0.25, -0.2) is 4.98 Å². The van der Waals surface area contributed by atoms with E-state index in [-0.39, 0.29) is 24.4 Å². The molecule has 130 valence electrons. The van der Waals surface area contributed by atoms with Gasteiger partial charge < -0.3 is 10.3 Å². The van der Waals surface area contributed by atoms with Gasteiger partial charge >= 0.3 is 0 Å². The topological polar surface area (TPSA) is 79.8 Å². The molecule has 6 heteroatoms. The van der Waals surface area contributed by atoms with Crippen LogP contribution < -0.4 is 10.9 Å². The Bertz CT molecular complexity index is 1170. The van der Waals surface area contributed by atoms with Gasteiger partial charge in [0.1, 0.15) is 0 Å². The first kappa shape index (κ1) is 16.1. The molecular weight excluding hydrogens is 328 g/mol. The monoisotopic (exact) mass is 346 g/mol. The lowest BCUT2D eigenvalue weighted by Crippen LogP contribution is -2.23. The molecule has 0 spiro atoms. The van der Waals surface area contributed by atoms with Crippen molar-refractivity contribution in [3.8, 4) is 0 Å². The highest BCUT2D eigenvalue weighted by Gasteiger charge is 2.09. The number of hydrogen-bond acceptors (Lipinski definition) is 3. The Morgan fingerprint density at radius 2 is 2.00 bits per heavy atom. The molecular formula is C20H18N4O2. The van der Waals surface area contributed by atoms with E-state index >= 15 is 0 Å². The molecule has 0 atom stereocenters. The van der Waals surface area contributed by atoms with E-state index in [0.717, 1.165) is 22.2 Å². The van der Waals surface area contributed by atoms with Gasteiger partial charge in [0.15, 0.2) is 0 Å². The number of aromatic nitrogens is 3. The van der Waals surface area contributed by atoms with Crippen LogP contribution in [0.2, 0.25) is 0 Å². The van der Waals surface area contributed by atoms with E-state index in [0.29, 0.717) is 10.9 Å². The lowest BCUT2D eigenvalue weighted by molar-refractivity contribution is -0.116. The summed E-state index contributed by atoms with van der Waals surface area (Å²) in [7, 11) is 0. The summed E-state index contributed by atoms with van der Waals surface area (Å²) < 4.78 is 1.48. The summed E-state index contributed by atoms with van der Waals surface area (Å²) in [5.41, 5.74) is 3.27. The largest absolute Gasteiger partial charge is 0.361 e. The van der Waals surface area contributed by atoms with Crippen LogP contribution in [-0.2, 0) is 11.3 Å². The van der Waals surface area contributed by atoms with Crippen LogP contribution in [0, 0.1) is 6.92 Å². The third-order valence-electron chi connectivity index (χ3n) is 4.50. The predicted molar refractivity (Wildman–Crippen MR) is 102 cm³/mol. The Hall–Kier alpha value is -3.41. The van der Waals surface area contributed by atoms with Crippen molar-refractivity contribution < 1.29 is 4.79 Å². The third-order valence-corrected chi connectivity index (χ3v) is 4.50. The van der Waals surface area contributed by atoms with Gasteiger partial charge in [0.05, 0.1) is 22.9 Å². The van der Waals surface area contributed by atoms with E-state index in [2.05, 4.69) is 15.3 Å². The van der Waals surface area contributed by atoms with Gasteiger partial charge in [0.2, 0.25) is 5.91 Å². The molecule has 0 fully saturated rings. The number of fused-ring (bicyclic) bond motifs is 2. The molecule has 1 amide bonds. The zero-order valence-corrected chi connectivity index (χ0v) is 14.3. The Morgan fingerprint density at radius 3 is 2.88 bits per heavy atom. The van der Waals surface area contributed by atoms with Gasteiger partial charge in [0, 0.05) is 30.1 Å².